The number of rotatable bonds is 6. The van der Waals surface area contributed by atoms with Crippen molar-refractivity contribution in [1.29, 1.82) is 0 Å². The molecule has 1 rings (SSSR count). The summed E-state index contributed by atoms with van der Waals surface area (Å²) in [5.41, 5.74) is 0. The van der Waals surface area contributed by atoms with E-state index in [2.05, 4.69) is 10.1 Å². The summed E-state index contributed by atoms with van der Waals surface area (Å²) in [6, 6.07) is 3.62. The zero-order chi connectivity index (χ0) is 13.5. The molecule has 1 N–H and O–H groups in total. The summed E-state index contributed by atoms with van der Waals surface area (Å²) in [5.74, 6) is -0.853. The van der Waals surface area contributed by atoms with Crippen molar-refractivity contribution in [1.82, 2.24) is 5.32 Å². The Labute approximate surface area is 114 Å². The van der Waals surface area contributed by atoms with Gasteiger partial charge in [-0.15, -0.1) is 11.3 Å². The van der Waals surface area contributed by atoms with Gasteiger partial charge < -0.3 is 14.8 Å². The molecule has 1 amide bonds. The molecule has 0 spiro atoms. The van der Waals surface area contributed by atoms with Crippen LogP contribution in [-0.4, -0.2) is 32.1 Å². The average Bonchev–Trinajstić information content (AvgIpc) is 2.74. The average molecular weight is 292 g/mol. The predicted octanol–water partition coefficient (Wildman–Crippen LogP) is 1.77. The molecular weight excluding hydrogens is 278 g/mol. The smallest absolute Gasteiger partial charge is 0.303 e. The number of hydrogen-bond acceptors (Lipinski definition) is 5. The van der Waals surface area contributed by atoms with Crippen LogP contribution in [0, 0.1) is 0 Å². The van der Waals surface area contributed by atoms with Crippen LogP contribution in [-0.2, 0) is 19.1 Å². The molecule has 1 atom stereocenters. The molecule has 0 saturated carbocycles. The summed E-state index contributed by atoms with van der Waals surface area (Å²) < 4.78 is 10.5. The Morgan fingerprint density at radius 2 is 2.22 bits per heavy atom. The molecule has 1 heterocycles. The summed E-state index contributed by atoms with van der Waals surface area (Å²) in [6.45, 7) is 1.27. The minimum absolute atomic E-state index is 0.260. The first-order chi connectivity index (χ1) is 8.52. The van der Waals surface area contributed by atoms with Crippen molar-refractivity contribution >= 4 is 34.8 Å². The first kappa shape index (κ1) is 14.9. The van der Waals surface area contributed by atoms with Crippen molar-refractivity contribution in [3.05, 3.63) is 21.3 Å². The van der Waals surface area contributed by atoms with Crippen LogP contribution in [0.5, 0.6) is 0 Å². The fraction of sp³-hybridized carbons (Fsp3) is 0.455. The molecule has 0 aliphatic carbocycles. The largest absolute Gasteiger partial charge is 0.456 e. The van der Waals surface area contributed by atoms with E-state index in [0.717, 1.165) is 4.88 Å². The maximum Gasteiger partial charge on any atom is 0.303 e. The first-order valence-electron chi connectivity index (χ1n) is 5.21. The highest BCUT2D eigenvalue weighted by Gasteiger charge is 2.14. The Morgan fingerprint density at radius 1 is 1.50 bits per heavy atom. The summed E-state index contributed by atoms with van der Waals surface area (Å²) in [5, 5.41) is 2.62. The lowest BCUT2D eigenvalue weighted by Gasteiger charge is -2.14. The number of ether oxygens (including phenoxy) is 2. The number of esters is 1. The number of amides is 1. The Morgan fingerprint density at radius 3 is 2.72 bits per heavy atom. The topological polar surface area (TPSA) is 64.6 Å². The second-order valence-electron chi connectivity index (χ2n) is 3.45. The highest BCUT2D eigenvalue weighted by molar-refractivity contribution is 7.16. The Kier molecular flexibility index (Phi) is 6.11. The fourth-order valence-electron chi connectivity index (χ4n) is 1.23. The molecule has 1 aromatic rings. The van der Waals surface area contributed by atoms with Crippen molar-refractivity contribution in [2.24, 2.45) is 0 Å². The second kappa shape index (κ2) is 7.35. The van der Waals surface area contributed by atoms with Gasteiger partial charge in [0.15, 0.2) is 6.61 Å². The number of nitrogens with one attached hydrogen (secondary N) is 1. The maximum atomic E-state index is 11.3. The van der Waals surface area contributed by atoms with Gasteiger partial charge in [0, 0.05) is 25.5 Å². The van der Waals surface area contributed by atoms with Crippen LogP contribution in [0.15, 0.2) is 12.1 Å². The van der Waals surface area contributed by atoms with E-state index in [1.165, 1.54) is 18.3 Å². The van der Waals surface area contributed by atoms with Crippen LogP contribution in [0.1, 0.15) is 17.9 Å². The molecule has 0 unspecified atom stereocenters. The van der Waals surface area contributed by atoms with Gasteiger partial charge in [0.05, 0.1) is 4.34 Å². The van der Waals surface area contributed by atoms with E-state index in [-0.39, 0.29) is 18.6 Å². The van der Waals surface area contributed by atoms with E-state index < -0.39 is 5.97 Å². The zero-order valence-corrected chi connectivity index (χ0v) is 11.6. The number of halogens is 1. The van der Waals surface area contributed by atoms with E-state index in [1.807, 2.05) is 6.07 Å². The third kappa shape index (κ3) is 5.03. The predicted molar refractivity (Wildman–Crippen MR) is 68.7 cm³/mol. The number of carbonyl (C=O) groups excluding carboxylic acids is 2. The van der Waals surface area contributed by atoms with E-state index in [4.69, 9.17) is 16.3 Å². The van der Waals surface area contributed by atoms with Gasteiger partial charge in [-0.3, -0.25) is 9.59 Å². The molecule has 0 aliphatic rings. The summed E-state index contributed by atoms with van der Waals surface area (Å²) in [6.07, 6.45) is -0.260. The van der Waals surface area contributed by atoms with E-state index in [0.29, 0.717) is 10.9 Å². The molecule has 0 saturated heterocycles. The molecule has 0 bridgehead atoms. The molecule has 5 nitrogen and oxygen atoms in total. The second-order valence-corrected chi connectivity index (χ2v) is 5.20. The minimum atomic E-state index is -0.488. The third-order valence-electron chi connectivity index (χ3n) is 2.09. The van der Waals surface area contributed by atoms with Crippen LogP contribution in [0.3, 0.4) is 0 Å². The van der Waals surface area contributed by atoms with E-state index in [9.17, 15) is 9.59 Å². The standard InChI is InChI=1S/C11H14ClNO4S/c1-7(14)17-6-11(15)13-5-8(16-2)9-3-4-10(12)18-9/h3-4,8H,5-6H2,1-2H3,(H,13,15)/t8-/m1/s1. The van der Waals surface area contributed by atoms with Gasteiger partial charge in [-0.25, -0.2) is 0 Å². The van der Waals surface area contributed by atoms with Crippen molar-refractivity contribution in [3.63, 3.8) is 0 Å². The molecule has 0 fully saturated rings. The van der Waals surface area contributed by atoms with Crippen LogP contribution >= 0.6 is 22.9 Å². The lowest BCUT2D eigenvalue weighted by Crippen LogP contribution is -2.32. The number of hydrogen-bond donors (Lipinski definition) is 1. The van der Waals surface area contributed by atoms with Gasteiger partial charge in [0.2, 0.25) is 0 Å². The third-order valence-corrected chi connectivity index (χ3v) is 3.41. The lowest BCUT2D eigenvalue weighted by atomic mass is 10.3. The number of methoxy groups -OCH3 is 1. The van der Waals surface area contributed by atoms with Crippen molar-refractivity contribution in [2.75, 3.05) is 20.3 Å². The molecule has 18 heavy (non-hydrogen) atoms. The van der Waals surface area contributed by atoms with Crippen molar-refractivity contribution < 1.29 is 19.1 Å². The summed E-state index contributed by atoms with van der Waals surface area (Å²) >= 11 is 7.22. The van der Waals surface area contributed by atoms with Gasteiger partial charge in [0.25, 0.3) is 5.91 Å². The highest BCUT2D eigenvalue weighted by atomic mass is 35.5. The van der Waals surface area contributed by atoms with Gasteiger partial charge >= 0.3 is 5.97 Å². The van der Waals surface area contributed by atoms with Crippen molar-refractivity contribution in [3.8, 4) is 0 Å². The monoisotopic (exact) mass is 291 g/mol. The Balaban J connectivity index is 2.40. The maximum absolute atomic E-state index is 11.3. The van der Waals surface area contributed by atoms with Crippen LogP contribution in [0.2, 0.25) is 4.34 Å². The van der Waals surface area contributed by atoms with Crippen LogP contribution in [0.25, 0.3) is 0 Å². The SMILES string of the molecule is CO[C@H](CNC(=O)COC(C)=O)c1ccc(Cl)s1. The molecule has 7 heteroatoms. The summed E-state index contributed by atoms with van der Waals surface area (Å²) in [7, 11) is 1.55. The lowest BCUT2D eigenvalue weighted by molar-refractivity contribution is -0.146. The van der Waals surface area contributed by atoms with Crippen molar-refractivity contribution in [2.45, 2.75) is 13.0 Å². The zero-order valence-electron chi connectivity index (χ0n) is 10.1. The van der Waals surface area contributed by atoms with Crippen LogP contribution < -0.4 is 5.32 Å². The van der Waals surface area contributed by atoms with Crippen LogP contribution in [0.4, 0.5) is 0 Å². The molecule has 100 valence electrons. The van der Waals surface area contributed by atoms with E-state index in [1.54, 1.807) is 13.2 Å². The van der Waals surface area contributed by atoms with Gasteiger partial charge in [-0.1, -0.05) is 11.6 Å². The first-order valence-corrected chi connectivity index (χ1v) is 6.40. The molecule has 0 radical (unpaired) electrons. The highest BCUT2D eigenvalue weighted by Crippen LogP contribution is 2.28. The van der Waals surface area contributed by atoms with Gasteiger partial charge in [-0.2, -0.15) is 0 Å². The number of carbonyl (C=O) groups is 2. The van der Waals surface area contributed by atoms with Gasteiger partial charge in [-0.05, 0) is 12.1 Å². The quantitative estimate of drug-likeness (QED) is 0.811. The Hall–Kier alpha value is -1.11. The molecule has 1 aromatic heterocycles. The Bertz CT molecular complexity index is 421. The molecule has 0 aromatic carbocycles. The molecular formula is C11H14ClNO4S. The normalized spacial score (nSPS) is 11.9. The molecule has 0 aliphatic heterocycles. The minimum Gasteiger partial charge on any atom is -0.456 e. The summed E-state index contributed by atoms with van der Waals surface area (Å²) in [4.78, 5) is 22.8. The fourth-order valence-corrected chi connectivity index (χ4v) is 2.36. The van der Waals surface area contributed by atoms with Gasteiger partial charge in [0.1, 0.15) is 6.10 Å². The number of thiophene rings is 1. The van der Waals surface area contributed by atoms with E-state index >= 15 is 0 Å².